The number of carbonyl (C=O) groups excluding carboxylic acids is 1. The Morgan fingerprint density at radius 3 is 2.37 bits per heavy atom. The molecule has 3 heterocycles. The van der Waals surface area contributed by atoms with E-state index in [-0.39, 0.29) is 22.0 Å². The van der Waals surface area contributed by atoms with Gasteiger partial charge in [-0.3, -0.25) is 4.79 Å². The van der Waals surface area contributed by atoms with Crippen molar-refractivity contribution in [2.24, 2.45) is 0 Å². The lowest BCUT2D eigenvalue weighted by atomic mass is 10.0. The van der Waals surface area contributed by atoms with Gasteiger partial charge >= 0.3 is 5.97 Å². The van der Waals surface area contributed by atoms with Gasteiger partial charge in [0.05, 0.1) is 21.8 Å². The number of thioether (sulfide) groups is 1. The van der Waals surface area contributed by atoms with E-state index in [0.29, 0.717) is 11.8 Å². The Kier molecular flexibility index (Phi) is 5.07. The van der Waals surface area contributed by atoms with E-state index in [1.165, 1.54) is 11.8 Å². The van der Waals surface area contributed by atoms with E-state index in [0.717, 1.165) is 28.2 Å². The molecule has 1 amide bonds. The molecule has 0 aliphatic carbocycles. The number of hydrogen-bond acceptors (Lipinski definition) is 6. The number of rotatable bonds is 3. The van der Waals surface area contributed by atoms with Gasteiger partial charge in [-0.15, -0.1) is 11.8 Å². The third-order valence-electron chi connectivity index (χ3n) is 4.94. The Balaban J connectivity index is 1.89. The number of nitrogens with zero attached hydrogens (tertiary/aromatic N) is 4. The molecule has 4 rings (SSSR count). The number of anilines is 1. The van der Waals surface area contributed by atoms with E-state index in [1.807, 2.05) is 33.8 Å². The summed E-state index contributed by atoms with van der Waals surface area (Å²) in [5.41, 5.74) is 4.35. The summed E-state index contributed by atoms with van der Waals surface area (Å²) in [7, 11) is 0. The molecule has 0 saturated carbocycles. The highest BCUT2D eigenvalue weighted by Gasteiger charge is 2.34. The Bertz CT molecular complexity index is 1140. The Morgan fingerprint density at radius 2 is 1.77 bits per heavy atom. The number of aromatic nitrogens is 4. The summed E-state index contributed by atoms with van der Waals surface area (Å²) in [5, 5.41) is 16.3. The first-order chi connectivity index (χ1) is 14.2. The molecule has 2 aromatic heterocycles. The van der Waals surface area contributed by atoms with Crippen LogP contribution >= 0.6 is 11.8 Å². The standard InChI is InChI=1S/C21H21N5O3S/c1-10-9-11(2)23-21(22-10)26-18-16(12(3)25-26)17(30-13(4)19(27)24-18)14-5-7-15(8-6-14)20(28)29/h5-9,13,17H,1-4H3,(H,24,27)(H,28,29). The lowest BCUT2D eigenvalue weighted by molar-refractivity contribution is -0.115. The SMILES string of the molecule is Cc1cc(C)nc(-n2nc(C)c3c2NC(=O)C(C)SC3c2ccc(C(=O)O)cc2)n1. The molecule has 9 heteroatoms. The molecule has 2 unspecified atom stereocenters. The molecule has 30 heavy (non-hydrogen) atoms. The summed E-state index contributed by atoms with van der Waals surface area (Å²) < 4.78 is 1.58. The number of aromatic carboxylic acids is 1. The minimum atomic E-state index is -0.975. The number of carbonyl (C=O) groups is 2. The average molecular weight is 423 g/mol. The number of carboxylic acids is 1. The minimum absolute atomic E-state index is 0.128. The fourth-order valence-electron chi connectivity index (χ4n) is 3.52. The maximum atomic E-state index is 12.7. The molecule has 3 aromatic rings. The maximum absolute atomic E-state index is 12.7. The molecule has 0 radical (unpaired) electrons. The first kappa shape index (κ1) is 20.1. The van der Waals surface area contributed by atoms with Crippen LogP contribution in [0.15, 0.2) is 30.3 Å². The summed E-state index contributed by atoms with van der Waals surface area (Å²) in [6.07, 6.45) is 0. The lowest BCUT2D eigenvalue weighted by Crippen LogP contribution is -2.23. The maximum Gasteiger partial charge on any atom is 0.335 e. The van der Waals surface area contributed by atoms with Crippen LogP contribution < -0.4 is 5.32 Å². The van der Waals surface area contributed by atoms with Gasteiger partial charge in [-0.25, -0.2) is 14.8 Å². The van der Waals surface area contributed by atoms with Crippen LogP contribution in [0.4, 0.5) is 5.82 Å². The van der Waals surface area contributed by atoms with E-state index in [2.05, 4.69) is 20.4 Å². The smallest absolute Gasteiger partial charge is 0.335 e. The zero-order valence-corrected chi connectivity index (χ0v) is 17.8. The second-order valence-electron chi connectivity index (χ2n) is 7.28. The van der Waals surface area contributed by atoms with Crippen LogP contribution in [0.5, 0.6) is 0 Å². The topological polar surface area (TPSA) is 110 Å². The van der Waals surface area contributed by atoms with Gasteiger partial charge in [-0.05, 0) is 51.5 Å². The largest absolute Gasteiger partial charge is 0.478 e. The molecule has 1 aliphatic rings. The molecule has 0 fully saturated rings. The molecule has 1 aromatic carbocycles. The van der Waals surface area contributed by atoms with Crippen molar-refractivity contribution in [1.82, 2.24) is 19.7 Å². The van der Waals surface area contributed by atoms with Gasteiger partial charge in [0, 0.05) is 17.0 Å². The van der Waals surface area contributed by atoms with Gasteiger partial charge in [0.1, 0.15) is 5.82 Å². The monoisotopic (exact) mass is 423 g/mol. The number of aryl methyl sites for hydroxylation is 3. The van der Waals surface area contributed by atoms with E-state index < -0.39 is 5.97 Å². The van der Waals surface area contributed by atoms with Gasteiger partial charge in [0.25, 0.3) is 5.95 Å². The lowest BCUT2D eigenvalue weighted by Gasteiger charge is -2.17. The van der Waals surface area contributed by atoms with Crippen LogP contribution in [-0.4, -0.2) is 42.0 Å². The first-order valence-electron chi connectivity index (χ1n) is 9.46. The van der Waals surface area contributed by atoms with E-state index in [4.69, 9.17) is 0 Å². The van der Waals surface area contributed by atoms with Gasteiger partial charge < -0.3 is 10.4 Å². The zero-order chi connectivity index (χ0) is 21.6. The molecule has 8 nitrogen and oxygen atoms in total. The highest BCUT2D eigenvalue weighted by Crippen LogP contribution is 2.45. The molecule has 2 N–H and O–H groups in total. The molecule has 154 valence electrons. The van der Waals surface area contributed by atoms with Gasteiger partial charge in [0.15, 0.2) is 0 Å². The first-order valence-corrected chi connectivity index (χ1v) is 10.4. The fourth-order valence-corrected chi connectivity index (χ4v) is 4.84. The quantitative estimate of drug-likeness (QED) is 0.664. The van der Waals surface area contributed by atoms with Crippen molar-refractivity contribution >= 4 is 29.5 Å². The van der Waals surface area contributed by atoms with Gasteiger partial charge in [0.2, 0.25) is 5.91 Å². The van der Waals surface area contributed by atoms with Crippen molar-refractivity contribution in [2.75, 3.05) is 5.32 Å². The van der Waals surface area contributed by atoms with Gasteiger partial charge in [-0.2, -0.15) is 9.78 Å². The van der Waals surface area contributed by atoms with Crippen molar-refractivity contribution in [1.29, 1.82) is 0 Å². The van der Waals surface area contributed by atoms with E-state index >= 15 is 0 Å². The van der Waals surface area contributed by atoms with Crippen molar-refractivity contribution < 1.29 is 14.7 Å². The van der Waals surface area contributed by atoms with E-state index in [1.54, 1.807) is 28.9 Å². The molecule has 0 saturated heterocycles. The number of nitrogens with one attached hydrogen (secondary N) is 1. The predicted octanol–water partition coefficient (Wildman–Crippen LogP) is 3.45. The minimum Gasteiger partial charge on any atom is -0.478 e. The zero-order valence-electron chi connectivity index (χ0n) is 17.0. The van der Waals surface area contributed by atoms with Crippen molar-refractivity contribution in [3.63, 3.8) is 0 Å². The average Bonchev–Trinajstić information content (AvgIpc) is 2.93. The number of carboxylic acid groups (broad SMARTS) is 1. The summed E-state index contributed by atoms with van der Waals surface area (Å²) in [6, 6.07) is 8.61. The fraction of sp³-hybridized carbons (Fsp3) is 0.286. The second-order valence-corrected chi connectivity index (χ2v) is 8.74. The third kappa shape index (κ3) is 3.56. The Labute approximate surface area is 177 Å². The number of hydrogen-bond donors (Lipinski definition) is 2. The highest BCUT2D eigenvalue weighted by atomic mass is 32.2. The molecular formula is C21H21N5O3S. The van der Waals surface area contributed by atoms with Crippen molar-refractivity contribution in [3.05, 3.63) is 64.1 Å². The number of amides is 1. The summed E-state index contributed by atoms with van der Waals surface area (Å²) in [5.74, 6) is -0.156. The number of benzene rings is 1. The molecule has 2 atom stereocenters. The predicted molar refractivity (Wildman–Crippen MR) is 114 cm³/mol. The second kappa shape index (κ2) is 7.56. The van der Waals surface area contributed by atoms with E-state index in [9.17, 15) is 14.7 Å². The Hall–Kier alpha value is -3.20. The van der Waals surface area contributed by atoms with Crippen LogP contribution in [0.25, 0.3) is 5.95 Å². The van der Waals surface area contributed by atoms with Crippen molar-refractivity contribution in [2.45, 2.75) is 38.2 Å². The summed E-state index contributed by atoms with van der Waals surface area (Å²) >= 11 is 1.50. The Morgan fingerprint density at radius 1 is 1.13 bits per heavy atom. The molecular weight excluding hydrogens is 402 g/mol. The molecule has 0 bridgehead atoms. The summed E-state index contributed by atoms with van der Waals surface area (Å²) in [4.78, 5) is 32.9. The molecule has 0 spiro atoms. The van der Waals surface area contributed by atoms with Crippen LogP contribution in [0, 0.1) is 20.8 Å². The van der Waals surface area contributed by atoms with Crippen LogP contribution in [0.3, 0.4) is 0 Å². The molecule has 1 aliphatic heterocycles. The normalized spacial score (nSPS) is 18.5. The summed E-state index contributed by atoms with van der Waals surface area (Å²) in [6.45, 7) is 7.51. The van der Waals surface area contributed by atoms with Crippen molar-refractivity contribution in [3.8, 4) is 5.95 Å². The highest BCUT2D eigenvalue weighted by molar-refractivity contribution is 8.01. The van der Waals surface area contributed by atoms with Crippen LogP contribution in [0.1, 0.15) is 50.7 Å². The number of fused-ring (bicyclic) bond motifs is 1. The van der Waals surface area contributed by atoms with Crippen LogP contribution in [-0.2, 0) is 4.79 Å². The van der Waals surface area contributed by atoms with Gasteiger partial charge in [-0.1, -0.05) is 12.1 Å². The van der Waals surface area contributed by atoms with Crippen LogP contribution in [0.2, 0.25) is 0 Å². The third-order valence-corrected chi connectivity index (χ3v) is 6.34.